The Morgan fingerprint density at radius 1 is 1.10 bits per heavy atom. The molecule has 8 heteroatoms. The molecule has 6 nitrogen and oxygen atoms in total. The van der Waals surface area contributed by atoms with E-state index in [0.717, 1.165) is 6.26 Å². The predicted octanol–water partition coefficient (Wildman–Crippen LogP) is 0.0185. The molecule has 1 saturated heterocycles. The molecule has 0 saturated carbocycles. The van der Waals surface area contributed by atoms with Crippen molar-refractivity contribution in [3.63, 3.8) is 0 Å². The molecule has 0 bridgehead atoms. The summed E-state index contributed by atoms with van der Waals surface area (Å²) < 4.78 is 22.1. The molecule has 0 aliphatic carbocycles. The summed E-state index contributed by atoms with van der Waals surface area (Å²) in [5.74, 6) is -0.349. The number of hydrogen-bond donors (Lipinski definition) is 1. The molecule has 1 aliphatic heterocycles. The molecule has 0 unspecified atom stereocenters. The summed E-state index contributed by atoms with van der Waals surface area (Å²) >= 11 is 5.08. The van der Waals surface area contributed by atoms with Crippen molar-refractivity contribution in [2.24, 2.45) is 5.73 Å². The lowest BCUT2D eigenvalue weighted by Crippen LogP contribution is -2.62. The van der Waals surface area contributed by atoms with Crippen LogP contribution in [0.4, 0.5) is 0 Å². The first-order chi connectivity index (χ1) is 9.31. The summed E-state index contributed by atoms with van der Waals surface area (Å²) in [6.07, 6.45) is 1.09. The molecule has 1 rings (SSSR count). The number of nitrogens with two attached hydrogens (primary N) is 1. The number of carbonyl (C=O) groups excluding carboxylic acids is 1. The maximum atomic E-state index is 12.4. The Morgan fingerprint density at radius 2 is 1.52 bits per heavy atom. The van der Waals surface area contributed by atoms with Crippen LogP contribution in [0.1, 0.15) is 27.7 Å². The van der Waals surface area contributed by atoms with Gasteiger partial charge < -0.3 is 10.6 Å². The average molecular weight is 335 g/mol. The second kappa shape index (κ2) is 5.81. The van der Waals surface area contributed by atoms with Gasteiger partial charge in [-0.2, -0.15) is 0 Å². The Bertz CT molecular complexity index is 533. The smallest absolute Gasteiger partial charge is 0.243 e. The third kappa shape index (κ3) is 3.54. The third-order valence-corrected chi connectivity index (χ3v) is 6.93. The van der Waals surface area contributed by atoms with E-state index in [1.165, 1.54) is 13.8 Å². The molecule has 2 N–H and O–H groups in total. The van der Waals surface area contributed by atoms with E-state index in [2.05, 4.69) is 4.90 Å². The van der Waals surface area contributed by atoms with E-state index in [1.807, 2.05) is 13.8 Å². The second-order valence-corrected chi connectivity index (χ2v) is 9.49. The highest BCUT2D eigenvalue weighted by Gasteiger charge is 2.43. The standard InChI is InChI=1S/C13H25N3O3S2/c1-12(2,10(14)20)16-8-6-15(7-9-16)11(17)13(3,4)21(5,18)19/h6-9H2,1-5H3,(H2,14,20). The van der Waals surface area contributed by atoms with Gasteiger partial charge >= 0.3 is 0 Å². The lowest BCUT2D eigenvalue weighted by Gasteiger charge is -2.44. The molecule has 122 valence electrons. The number of piperazine rings is 1. The minimum atomic E-state index is -3.45. The third-order valence-electron chi connectivity index (χ3n) is 4.40. The molecule has 0 atom stereocenters. The first-order valence-corrected chi connectivity index (χ1v) is 9.15. The summed E-state index contributed by atoms with van der Waals surface area (Å²) in [5, 5.41) is 0. The zero-order valence-corrected chi connectivity index (χ0v) is 15.0. The Labute approximate surface area is 132 Å². The zero-order valence-electron chi connectivity index (χ0n) is 13.3. The van der Waals surface area contributed by atoms with Crippen LogP contribution in [-0.2, 0) is 14.6 Å². The van der Waals surface area contributed by atoms with Crippen molar-refractivity contribution in [2.45, 2.75) is 38.0 Å². The van der Waals surface area contributed by atoms with Crippen molar-refractivity contribution in [2.75, 3.05) is 32.4 Å². The van der Waals surface area contributed by atoms with Gasteiger partial charge in [0.05, 0.1) is 10.5 Å². The van der Waals surface area contributed by atoms with Crippen LogP contribution in [-0.4, -0.2) is 71.8 Å². The van der Waals surface area contributed by atoms with E-state index in [9.17, 15) is 13.2 Å². The Hall–Kier alpha value is -0.730. The van der Waals surface area contributed by atoms with Crippen LogP contribution in [0.25, 0.3) is 0 Å². The van der Waals surface area contributed by atoms with Crippen molar-refractivity contribution in [1.29, 1.82) is 0 Å². The average Bonchev–Trinajstić information content (AvgIpc) is 2.36. The van der Waals surface area contributed by atoms with Gasteiger partial charge in [0.25, 0.3) is 0 Å². The van der Waals surface area contributed by atoms with Gasteiger partial charge in [0.2, 0.25) is 5.91 Å². The number of carbonyl (C=O) groups is 1. The van der Waals surface area contributed by atoms with Gasteiger partial charge in [0, 0.05) is 32.4 Å². The SMILES string of the molecule is CC(C)(C(N)=S)N1CCN(C(=O)C(C)(C)S(C)(=O)=O)CC1. The van der Waals surface area contributed by atoms with E-state index in [1.54, 1.807) is 4.90 Å². The number of hydrogen-bond acceptors (Lipinski definition) is 5. The minimum absolute atomic E-state index is 0.349. The maximum absolute atomic E-state index is 12.4. The molecule has 0 aromatic heterocycles. The lowest BCUT2D eigenvalue weighted by atomic mass is 10.0. The lowest BCUT2D eigenvalue weighted by molar-refractivity contribution is -0.135. The van der Waals surface area contributed by atoms with Crippen molar-refractivity contribution in [3.05, 3.63) is 0 Å². The molecule has 1 heterocycles. The summed E-state index contributed by atoms with van der Waals surface area (Å²) in [4.78, 5) is 16.6. The number of amides is 1. The fourth-order valence-corrected chi connectivity index (χ4v) is 2.74. The van der Waals surface area contributed by atoms with Gasteiger partial charge in [-0.3, -0.25) is 9.69 Å². The maximum Gasteiger partial charge on any atom is 0.243 e. The molecule has 1 amide bonds. The molecular formula is C13H25N3O3S2. The molecule has 0 aromatic carbocycles. The number of sulfone groups is 1. The summed E-state index contributed by atoms with van der Waals surface area (Å²) in [6.45, 7) is 9.01. The predicted molar refractivity (Wildman–Crippen MR) is 87.9 cm³/mol. The van der Waals surface area contributed by atoms with Gasteiger partial charge in [0.15, 0.2) is 9.84 Å². The van der Waals surface area contributed by atoms with Crippen LogP contribution in [0.3, 0.4) is 0 Å². The molecule has 1 aliphatic rings. The van der Waals surface area contributed by atoms with Crippen LogP contribution in [0.15, 0.2) is 0 Å². The van der Waals surface area contributed by atoms with Crippen molar-refractivity contribution >= 4 is 33.0 Å². The molecular weight excluding hydrogens is 310 g/mol. The van der Waals surface area contributed by atoms with Gasteiger partial charge in [-0.1, -0.05) is 12.2 Å². The summed E-state index contributed by atoms with van der Waals surface area (Å²) in [5.41, 5.74) is 5.35. The largest absolute Gasteiger partial charge is 0.392 e. The van der Waals surface area contributed by atoms with E-state index in [0.29, 0.717) is 31.2 Å². The molecule has 0 spiro atoms. The summed E-state index contributed by atoms with van der Waals surface area (Å²) in [6, 6.07) is 0. The Morgan fingerprint density at radius 3 is 1.86 bits per heavy atom. The first-order valence-electron chi connectivity index (χ1n) is 6.85. The van der Waals surface area contributed by atoms with E-state index < -0.39 is 20.1 Å². The number of nitrogens with zero attached hydrogens (tertiary/aromatic N) is 2. The monoisotopic (exact) mass is 335 g/mol. The zero-order chi connectivity index (χ0) is 16.6. The normalized spacial score (nSPS) is 18.6. The highest BCUT2D eigenvalue weighted by Crippen LogP contribution is 2.22. The highest BCUT2D eigenvalue weighted by atomic mass is 32.2. The number of rotatable bonds is 4. The molecule has 1 fully saturated rings. The van der Waals surface area contributed by atoms with Gasteiger partial charge in [-0.05, 0) is 27.7 Å². The van der Waals surface area contributed by atoms with Crippen molar-refractivity contribution in [1.82, 2.24) is 9.80 Å². The highest BCUT2D eigenvalue weighted by molar-refractivity contribution is 7.92. The van der Waals surface area contributed by atoms with Crippen molar-refractivity contribution < 1.29 is 13.2 Å². The van der Waals surface area contributed by atoms with E-state index in [4.69, 9.17) is 18.0 Å². The van der Waals surface area contributed by atoms with E-state index >= 15 is 0 Å². The van der Waals surface area contributed by atoms with Crippen LogP contribution >= 0.6 is 12.2 Å². The minimum Gasteiger partial charge on any atom is -0.392 e. The molecule has 0 aromatic rings. The van der Waals surface area contributed by atoms with Crippen LogP contribution in [0.5, 0.6) is 0 Å². The first kappa shape index (κ1) is 18.3. The van der Waals surface area contributed by atoms with Gasteiger partial charge in [0.1, 0.15) is 4.75 Å². The summed E-state index contributed by atoms with van der Waals surface area (Å²) in [7, 11) is -3.45. The Kier molecular flexibility index (Phi) is 5.07. The van der Waals surface area contributed by atoms with Crippen LogP contribution in [0, 0.1) is 0 Å². The van der Waals surface area contributed by atoms with Gasteiger partial charge in [-0.15, -0.1) is 0 Å². The Balaban J connectivity index is 2.79. The topological polar surface area (TPSA) is 83.7 Å². The molecule has 0 radical (unpaired) electrons. The fourth-order valence-electron chi connectivity index (χ4n) is 2.16. The van der Waals surface area contributed by atoms with E-state index in [-0.39, 0.29) is 5.91 Å². The number of thiocarbonyl (C=S) groups is 1. The van der Waals surface area contributed by atoms with Crippen LogP contribution in [0.2, 0.25) is 0 Å². The molecule has 21 heavy (non-hydrogen) atoms. The van der Waals surface area contributed by atoms with Gasteiger partial charge in [-0.25, -0.2) is 8.42 Å². The second-order valence-electron chi connectivity index (χ2n) is 6.48. The van der Waals surface area contributed by atoms with Crippen LogP contribution < -0.4 is 5.73 Å². The quantitative estimate of drug-likeness (QED) is 0.729. The van der Waals surface area contributed by atoms with Crippen molar-refractivity contribution in [3.8, 4) is 0 Å². The fraction of sp³-hybridized carbons (Fsp3) is 0.846.